The van der Waals surface area contributed by atoms with Crippen LogP contribution in [0.5, 0.6) is 0 Å². The van der Waals surface area contributed by atoms with Crippen LogP contribution < -0.4 is 5.32 Å². The first-order chi connectivity index (χ1) is 13.1. The number of nitrogens with zero attached hydrogens (tertiary/aromatic N) is 1. The molecule has 1 spiro atoms. The van der Waals surface area contributed by atoms with Crippen LogP contribution in [-0.4, -0.2) is 61.9 Å². The second-order valence-corrected chi connectivity index (χ2v) is 10.2. The Kier molecular flexibility index (Phi) is 4.76. The topological polar surface area (TPSA) is 54.1 Å². The molecule has 2 saturated carbocycles. The monoisotopic (exact) mass is 376 g/mol. The quantitative estimate of drug-likeness (QED) is 0.454. The van der Waals surface area contributed by atoms with E-state index in [1.165, 1.54) is 51.6 Å². The molecule has 3 aliphatic heterocycles. The fourth-order valence-corrected chi connectivity index (χ4v) is 6.87. The summed E-state index contributed by atoms with van der Waals surface area (Å²) in [6, 6.07) is 0. The Balaban J connectivity index is 1.18. The van der Waals surface area contributed by atoms with Crippen molar-refractivity contribution >= 4 is 5.97 Å². The van der Waals surface area contributed by atoms with Gasteiger partial charge in [0.15, 0.2) is 0 Å². The van der Waals surface area contributed by atoms with Crippen LogP contribution in [0.1, 0.15) is 58.3 Å². The van der Waals surface area contributed by atoms with Gasteiger partial charge in [-0.2, -0.15) is 0 Å². The third kappa shape index (κ3) is 3.34. The van der Waals surface area contributed by atoms with Gasteiger partial charge in [0.25, 0.3) is 0 Å². The summed E-state index contributed by atoms with van der Waals surface area (Å²) < 4.78 is 11.9. The van der Waals surface area contributed by atoms with Crippen LogP contribution in [0, 0.1) is 23.2 Å². The van der Waals surface area contributed by atoms with E-state index in [1.54, 1.807) is 0 Å². The highest BCUT2D eigenvalue weighted by Crippen LogP contribution is 2.62. The molecule has 152 valence electrons. The zero-order valence-corrected chi connectivity index (χ0v) is 16.9. The van der Waals surface area contributed by atoms with Gasteiger partial charge in [-0.25, -0.2) is 0 Å². The lowest BCUT2D eigenvalue weighted by molar-refractivity contribution is -0.147. The maximum Gasteiger partial charge on any atom is 0.310 e. The van der Waals surface area contributed by atoms with Gasteiger partial charge in [0.1, 0.15) is 6.10 Å². The van der Waals surface area contributed by atoms with E-state index in [0.717, 1.165) is 39.1 Å². The first-order valence-electron chi connectivity index (χ1n) is 11.4. The van der Waals surface area contributed by atoms with E-state index in [0.29, 0.717) is 17.3 Å². The third-order valence-electron chi connectivity index (χ3n) is 8.50. The van der Waals surface area contributed by atoms with Crippen LogP contribution in [0.25, 0.3) is 0 Å². The van der Waals surface area contributed by atoms with E-state index in [9.17, 15) is 4.79 Å². The molecule has 0 aromatic carbocycles. The molecule has 0 aromatic rings. The standard InChI is InChI=1S/C22H36N2O3/c1-21-6-5-7-22(15-26-22)19(21)12-16-17(20(25)27-18(16)13-21)14-23-8-11-24-9-3-2-4-10-24/h16-19,23H,2-15H2,1H3/t16-,17+,18-,19-,21-,22+/m1/s1. The van der Waals surface area contributed by atoms with Gasteiger partial charge in [-0.05, 0) is 69.4 Å². The second kappa shape index (κ2) is 7.00. The smallest absolute Gasteiger partial charge is 0.310 e. The minimum absolute atomic E-state index is 0.0404. The SMILES string of the molecule is C[C@]12CCC[C@]3(CO3)[C@@H]1C[C@@H]1[C@H](CNCCN3CCCCC3)C(=O)O[C@@H]1C2. The molecule has 0 bridgehead atoms. The Bertz CT molecular complexity index is 572. The summed E-state index contributed by atoms with van der Waals surface area (Å²) in [5, 5.41) is 3.58. The average molecular weight is 377 g/mol. The average Bonchev–Trinajstić information content (AvgIpc) is 3.36. The summed E-state index contributed by atoms with van der Waals surface area (Å²) in [5.74, 6) is 1.09. The van der Waals surface area contributed by atoms with Crippen molar-refractivity contribution in [3.63, 3.8) is 0 Å². The number of hydrogen-bond donors (Lipinski definition) is 1. The number of rotatable bonds is 5. The number of likely N-dealkylation sites (tertiary alicyclic amines) is 1. The molecule has 0 amide bonds. The van der Waals surface area contributed by atoms with Gasteiger partial charge >= 0.3 is 5.97 Å². The molecular weight excluding hydrogens is 340 g/mol. The molecule has 1 N–H and O–H groups in total. The Morgan fingerprint density at radius 2 is 2.00 bits per heavy atom. The Labute approximate surface area is 163 Å². The molecule has 27 heavy (non-hydrogen) atoms. The van der Waals surface area contributed by atoms with Gasteiger partial charge in [-0.15, -0.1) is 0 Å². The number of epoxide rings is 1. The molecule has 5 rings (SSSR count). The van der Waals surface area contributed by atoms with Crippen LogP contribution in [-0.2, 0) is 14.3 Å². The predicted octanol–water partition coefficient (Wildman–Crippen LogP) is 2.59. The van der Waals surface area contributed by atoms with E-state index < -0.39 is 0 Å². The molecule has 5 heteroatoms. The molecular formula is C22H36N2O3. The highest BCUT2D eigenvalue weighted by molar-refractivity contribution is 5.75. The Hall–Kier alpha value is -0.650. The molecule has 5 fully saturated rings. The van der Waals surface area contributed by atoms with Crippen molar-refractivity contribution in [3.05, 3.63) is 0 Å². The summed E-state index contributed by atoms with van der Waals surface area (Å²) in [4.78, 5) is 15.2. The molecule has 5 aliphatic rings. The normalized spacial score (nSPS) is 46.8. The largest absolute Gasteiger partial charge is 0.462 e. The van der Waals surface area contributed by atoms with E-state index in [4.69, 9.17) is 9.47 Å². The van der Waals surface area contributed by atoms with Crippen molar-refractivity contribution in [1.29, 1.82) is 0 Å². The van der Waals surface area contributed by atoms with Crippen molar-refractivity contribution in [2.45, 2.75) is 70.0 Å². The Morgan fingerprint density at radius 3 is 2.78 bits per heavy atom. The highest BCUT2D eigenvalue weighted by atomic mass is 16.6. The van der Waals surface area contributed by atoms with Crippen molar-refractivity contribution in [2.75, 3.05) is 39.3 Å². The summed E-state index contributed by atoms with van der Waals surface area (Å²) >= 11 is 0. The summed E-state index contributed by atoms with van der Waals surface area (Å²) in [5.41, 5.74) is 0.447. The van der Waals surface area contributed by atoms with Crippen LogP contribution in [0.15, 0.2) is 0 Å². The molecule has 3 saturated heterocycles. The zero-order valence-electron chi connectivity index (χ0n) is 16.9. The minimum atomic E-state index is 0.0404. The van der Waals surface area contributed by atoms with E-state index in [-0.39, 0.29) is 23.6 Å². The Morgan fingerprint density at radius 1 is 1.19 bits per heavy atom. The molecule has 3 heterocycles. The van der Waals surface area contributed by atoms with Gasteiger partial charge in [0.05, 0.1) is 18.1 Å². The molecule has 5 nitrogen and oxygen atoms in total. The molecule has 0 aromatic heterocycles. The molecule has 0 unspecified atom stereocenters. The fraction of sp³-hybridized carbons (Fsp3) is 0.955. The van der Waals surface area contributed by atoms with Gasteiger partial charge in [-0.1, -0.05) is 13.3 Å². The van der Waals surface area contributed by atoms with Crippen LogP contribution in [0.3, 0.4) is 0 Å². The fourth-order valence-electron chi connectivity index (χ4n) is 6.87. The zero-order chi connectivity index (χ0) is 18.5. The first-order valence-corrected chi connectivity index (χ1v) is 11.4. The number of esters is 1. The lowest BCUT2D eigenvalue weighted by Gasteiger charge is -2.51. The van der Waals surface area contributed by atoms with Gasteiger partial charge < -0.3 is 19.7 Å². The van der Waals surface area contributed by atoms with Crippen LogP contribution in [0.4, 0.5) is 0 Å². The van der Waals surface area contributed by atoms with Crippen molar-refractivity contribution in [2.24, 2.45) is 23.2 Å². The second-order valence-electron chi connectivity index (χ2n) is 10.2. The number of carbonyl (C=O) groups excluding carboxylic acids is 1. The number of fused-ring (bicyclic) bond motifs is 3. The number of piperidine rings is 1. The lowest BCUT2D eigenvalue weighted by Crippen LogP contribution is -2.51. The third-order valence-corrected chi connectivity index (χ3v) is 8.50. The van der Waals surface area contributed by atoms with E-state index in [2.05, 4.69) is 17.1 Å². The molecule has 6 atom stereocenters. The van der Waals surface area contributed by atoms with Crippen LogP contribution >= 0.6 is 0 Å². The van der Waals surface area contributed by atoms with Crippen LogP contribution in [0.2, 0.25) is 0 Å². The van der Waals surface area contributed by atoms with Gasteiger partial charge in [-0.3, -0.25) is 4.79 Å². The van der Waals surface area contributed by atoms with Crippen molar-refractivity contribution in [1.82, 2.24) is 10.2 Å². The van der Waals surface area contributed by atoms with Gasteiger partial charge in [0.2, 0.25) is 0 Å². The maximum absolute atomic E-state index is 12.6. The lowest BCUT2D eigenvalue weighted by atomic mass is 9.53. The van der Waals surface area contributed by atoms with E-state index >= 15 is 0 Å². The highest BCUT2D eigenvalue weighted by Gasteiger charge is 2.64. The number of carbonyl (C=O) groups is 1. The van der Waals surface area contributed by atoms with E-state index in [1.807, 2.05) is 0 Å². The summed E-state index contributed by atoms with van der Waals surface area (Å²) in [6.45, 7) is 8.71. The summed E-state index contributed by atoms with van der Waals surface area (Å²) in [6.07, 6.45) is 10.1. The summed E-state index contributed by atoms with van der Waals surface area (Å²) in [7, 11) is 0. The number of hydrogen-bond acceptors (Lipinski definition) is 5. The first kappa shape index (κ1) is 18.4. The van der Waals surface area contributed by atoms with Crippen molar-refractivity contribution in [3.8, 4) is 0 Å². The molecule has 2 aliphatic carbocycles. The van der Waals surface area contributed by atoms with Gasteiger partial charge in [0, 0.05) is 25.6 Å². The number of ether oxygens (including phenoxy) is 2. The van der Waals surface area contributed by atoms with Crippen molar-refractivity contribution < 1.29 is 14.3 Å². The maximum atomic E-state index is 12.6. The number of nitrogens with one attached hydrogen (secondary N) is 1. The molecule has 0 radical (unpaired) electrons. The predicted molar refractivity (Wildman–Crippen MR) is 103 cm³/mol. The minimum Gasteiger partial charge on any atom is -0.462 e.